The molecule has 2 rings (SSSR count). The number of hydrogen-bond acceptors (Lipinski definition) is 1. The average Bonchev–Trinajstić information content (AvgIpc) is 2.46. The summed E-state index contributed by atoms with van der Waals surface area (Å²) < 4.78 is 0. The summed E-state index contributed by atoms with van der Waals surface area (Å²) >= 11 is 0. The van der Waals surface area contributed by atoms with Crippen LogP contribution in [0.15, 0.2) is 48.5 Å². The molecule has 2 heteroatoms. The molecular weight excluding hydrogens is 246 g/mol. The summed E-state index contributed by atoms with van der Waals surface area (Å²) in [4.78, 5) is 12.5. The van der Waals surface area contributed by atoms with E-state index in [2.05, 4.69) is 18.3 Å². The van der Waals surface area contributed by atoms with Gasteiger partial charge in [-0.3, -0.25) is 4.79 Å². The van der Waals surface area contributed by atoms with Crippen molar-refractivity contribution in [2.45, 2.75) is 33.1 Å². The van der Waals surface area contributed by atoms with Gasteiger partial charge in [-0.1, -0.05) is 49.4 Å². The minimum Gasteiger partial charge on any atom is -0.325 e. The van der Waals surface area contributed by atoms with Crippen molar-refractivity contribution in [1.82, 2.24) is 0 Å². The number of carbonyl (C=O) groups is 1. The molecule has 0 aliphatic carbocycles. The van der Waals surface area contributed by atoms with E-state index in [9.17, 15) is 4.79 Å². The summed E-state index contributed by atoms with van der Waals surface area (Å²) in [6.07, 6.45) is 0.792. The van der Waals surface area contributed by atoms with E-state index in [0.29, 0.717) is 0 Å². The van der Waals surface area contributed by atoms with E-state index in [4.69, 9.17) is 0 Å². The summed E-state index contributed by atoms with van der Waals surface area (Å²) in [6, 6.07) is 15.9. The molecule has 0 saturated heterocycles. The maximum atomic E-state index is 12.5. The Morgan fingerprint density at radius 2 is 1.75 bits per heavy atom. The number of amides is 1. The van der Waals surface area contributed by atoms with Crippen molar-refractivity contribution in [3.05, 3.63) is 65.2 Å². The Kier molecular flexibility index (Phi) is 4.57. The second-order valence-corrected chi connectivity index (χ2v) is 5.11. The molecule has 0 aliphatic heterocycles. The first-order chi connectivity index (χ1) is 9.63. The second-order valence-electron chi connectivity index (χ2n) is 5.11. The van der Waals surface area contributed by atoms with Crippen LogP contribution in [0.2, 0.25) is 0 Å². The lowest BCUT2D eigenvalue weighted by Gasteiger charge is -2.17. The van der Waals surface area contributed by atoms with Crippen LogP contribution in [0, 0.1) is 13.8 Å². The van der Waals surface area contributed by atoms with Gasteiger partial charge in [-0.05, 0) is 43.0 Å². The normalized spacial score (nSPS) is 11.9. The standard InChI is InChI=1S/C18H21NO/c1-4-16(15-10-6-5-7-11-15)18(20)19-17-12-8-9-13(2)14(17)3/h5-12,16H,4H2,1-3H3,(H,19,20)/t16-/m1/s1. The van der Waals surface area contributed by atoms with Crippen molar-refractivity contribution >= 4 is 11.6 Å². The highest BCUT2D eigenvalue weighted by atomic mass is 16.1. The van der Waals surface area contributed by atoms with Gasteiger partial charge in [0.25, 0.3) is 0 Å². The minimum absolute atomic E-state index is 0.0624. The van der Waals surface area contributed by atoms with E-state index in [1.807, 2.05) is 56.3 Å². The number of rotatable bonds is 4. The van der Waals surface area contributed by atoms with Gasteiger partial charge in [0.15, 0.2) is 0 Å². The molecule has 1 atom stereocenters. The average molecular weight is 267 g/mol. The maximum absolute atomic E-state index is 12.5. The predicted octanol–water partition coefficient (Wildman–Crippen LogP) is 4.44. The van der Waals surface area contributed by atoms with Gasteiger partial charge in [0.2, 0.25) is 5.91 Å². The topological polar surface area (TPSA) is 29.1 Å². The van der Waals surface area contributed by atoms with Gasteiger partial charge in [-0.2, -0.15) is 0 Å². The van der Waals surface area contributed by atoms with Crippen LogP contribution in [-0.4, -0.2) is 5.91 Å². The van der Waals surface area contributed by atoms with Crippen LogP contribution in [0.25, 0.3) is 0 Å². The SMILES string of the molecule is CC[C@@H](C(=O)Nc1cccc(C)c1C)c1ccccc1. The first-order valence-electron chi connectivity index (χ1n) is 7.05. The van der Waals surface area contributed by atoms with E-state index >= 15 is 0 Å². The highest BCUT2D eigenvalue weighted by molar-refractivity contribution is 5.96. The van der Waals surface area contributed by atoms with Gasteiger partial charge >= 0.3 is 0 Å². The first-order valence-corrected chi connectivity index (χ1v) is 7.05. The van der Waals surface area contributed by atoms with Gasteiger partial charge in [0.05, 0.1) is 5.92 Å². The third-order valence-corrected chi connectivity index (χ3v) is 3.79. The van der Waals surface area contributed by atoms with Crippen LogP contribution >= 0.6 is 0 Å². The van der Waals surface area contributed by atoms with Crippen molar-refractivity contribution in [2.24, 2.45) is 0 Å². The third kappa shape index (κ3) is 3.08. The molecule has 0 aliphatic rings. The molecule has 0 heterocycles. The lowest BCUT2D eigenvalue weighted by atomic mass is 9.95. The Morgan fingerprint density at radius 1 is 1.05 bits per heavy atom. The molecule has 0 fully saturated rings. The zero-order valence-corrected chi connectivity index (χ0v) is 12.3. The number of aryl methyl sites for hydroxylation is 1. The van der Waals surface area contributed by atoms with Crippen LogP contribution in [0.5, 0.6) is 0 Å². The fourth-order valence-corrected chi connectivity index (χ4v) is 2.36. The van der Waals surface area contributed by atoms with Gasteiger partial charge in [0, 0.05) is 5.69 Å². The van der Waals surface area contributed by atoms with Crippen LogP contribution in [-0.2, 0) is 4.79 Å². The first kappa shape index (κ1) is 14.3. The van der Waals surface area contributed by atoms with E-state index in [1.54, 1.807) is 0 Å². The van der Waals surface area contributed by atoms with Crippen molar-refractivity contribution in [3.8, 4) is 0 Å². The molecule has 0 bridgehead atoms. The molecule has 0 unspecified atom stereocenters. The van der Waals surface area contributed by atoms with Gasteiger partial charge < -0.3 is 5.32 Å². The molecular formula is C18H21NO. The molecule has 0 spiro atoms. The van der Waals surface area contributed by atoms with Gasteiger partial charge in [-0.15, -0.1) is 0 Å². The monoisotopic (exact) mass is 267 g/mol. The molecule has 0 aromatic heterocycles. The molecule has 1 amide bonds. The summed E-state index contributed by atoms with van der Waals surface area (Å²) in [7, 11) is 0. The van der Waals surface area contributed by atoms with Crippen molar-refractivity contribution in [2.75, 3.05) is 5.32 Å². The summed E-state index contributed by atoms with van der Waals surface area (Å²) in [5.41, 5.74) is 4.29. The molecule has 0 saturated carbocycles. The Labute approximate surface area is 120 Å². The molecule has 1 N–H and O–H groups in total. The number of hydrogen-bond donors (Lipinski definition) is 1. The van der Waals surface area contributed by atoms with Gasteiger partial charge in [0.1, 0.15) is 0 Å². The van der Waals surface area contributed by atoms with Crippen LogP contribution < -0.4 is 5.32 Å². The molecule has 2 nitrogen and oxygen atoms in total. The molecule has 2 aromatic carbocycles. The zero-order chi connectivity index (χ0) is 14.5. The predicted molar refractivity (Wildman–Crippen MR) is 84.0 cm³/mol. The Morgan fingerprint density at radius 3 is 2.40 bits per heavy atom. The Balaban J connectivity index is 2.20. The fourth-order valence-electron chi connectivity index (χ4n) is 2.36. The zero-order valence-electron chi connectivity index (χ0n) is 12.3. The number of benzene rings is 2. The van der Waals surface area contributed by atoms with E-state index < -0.39 is 0 Å². The third-order valence-electron chi connectivity index (χ3n) is 3.79. The molecule has 0 radical (unpaired) electrons. The number of carbonyl (C=O) groups excluding carboxylic acids is 1. The summed E-state index contributed by atoms with van der Waals surface area (Å²) in [5.74, 6) is -0.0384. The smallest absolute Gasteiger partial charge is 0.231 e. The lowest BCUT2D eigenvalue weighted by molar-refractivity contribution is -0.117. The van der Waals surface area contributed by atoms with E-state index in [1.165, 1.54) is 5.56 Å². The minimum atomic E-state index is -0.101. The second kappa shape index (κ2) is 6.38. The largest absolute Gasteiger partial charge is 0.325 e. The van der Waals surface area contributed by atoms with Crippen LogP contribution in [0.4, 0.5) is 5.69 Å². The molecule has 20 heavy (non-hydrogen) atoms. The Bertz CT molecular complexity index is 590. The van der Waals surface area contributed by atoms with Crippen LogP contribution in [0.1, 0.15) is 36.0 Å². The fraction of sp³-hybridized carbons (Fsp3) is 0.278. The molecule has 2 aromatic rings. The van der Waals surface area contributed by atoms with Crippen molar-refractivity contribution in [1.29, 1.82) is 0 Å². The van der Waals surface area contributed by atoms with E-state index in [-0.39, 0.29) is 11.8 Å². The summed E-state index contributed by atoms with van der Waals surface area (Å²) in [6.45, 7) is 6.13. The van der Waals surface area contributed by atoms with E-state index in [0.717, 1.165) is 23.2 Å². The lowest BCUT2D eigenvalue weighted by Crippen LogP contribution is -2.21. The number of anilines is 1. The maximum Gasteiger partial charge on any atom is 0.231 e. The molecule has 104 valence electrons. The van der Waals surface area contributed by atoms with Crippen molar-refractivity contribution in [3.63, 3.8) is 0 Å². The van der Waals surface area contributed by atoms with Gasteiger partial charge in [-0.25, -0.2) is 0 Å². The highest BCUT2D eigenvalue weighted by Crippen LogP contribution is 2.24. The number of nitrogens with one attached hydrogen (secondary N) is 1. The van der Waals surface area contributed by atoms with Crippen LogP contribution in [0.3, 0.4) is 0 Å². The highest BCUT2D eigenvalue weighted by Gasteiger charge is 2.19. The van der Waals surface area contributed by atoms with Crippen molar-refractivity contribution < 1.29 is 4.79 Å². The Hall–Kier alpha value is -2.09. The summed E-state index contributed by atoms with van der Waals surface area (Å²) in [5, 5.41) is 3.06. The quantitative estimate of drug-likeness (QED) is 0.872.